The number of benzene rings is 1. The zero-order chi connectivity index (χ0) is 16.9. The Labute approximate surface area is 142 Å². The molecule has 5 nitrogen and oxygen atoms in total. The molecule has 1 aromatic heterocycles. The lowest BCUT2D eigenvalue weighted by atomic mass is 10.1. The van der Waals surface area contributed by atoms with E-state index in [0.29, 0.717) is 12.4 Å². The van der Waals surface area contributed by atoms with E-state index in [4.69, 9.17) is 4.74 Å². The van der Waals surface area contributed by atoms with E-state index in [1.54, 1.807) is 6.20 Å². The molecule has 2 N–H and O–H groups in total. The van der Waals surface area contributed by atoms with E-state index in [9.17, 15) is 4.79 Å². The van der Waals surface area contributed by atoms with Crippen molar-refractivity contribution in [1.82, 2.24) is 15.6 Å². The second kappa shape index (κ2) is 7.45. The summed E-state index contributed by atoms with van der Waals surface area (Å²) in [4.78, 5) is 16.5. The molecular weight excluding hydrogens is 302 g/mol. The number of amides is 1. The fraction of sp³-hybridized carbons (Fsp3) is 0.368. The molecule has 1 atom stereocenters. The Balaban J connectivity index is 1.72. The molecule has 1 aliphatic heterocycles. The molecule has 1 amide bonds. The molecule has 1 fully saturated rings. The van der Waals surface area contributed by atoms with Crippen molar-refractivity contribution in [2.75, 3.05) is 13.1 Å². The summed E-state index contributed by atoms with van der Waals surface area (Å²) in [6, 6.07) is 9.83. The second-order valence-electron chi connectivity index (χ2n) is 6.20. The molecule has 3 rings (SSSR count). The lowest BCUT2D eigenvalue weighted by Crippen LogP contribution is -2.31. The van der Waals surface area contributed by atoms with Gasteiger partial charge in [-0.1, -0.05) is 24.3 Å². The number of hydrogen-bond donors (Lipinski definition) is 2. The van der Waals surface area contributed by atoms with Crippen LogP contribution in [0.3, 0.4) is 0 Å². The molecule has 2 heterocycles. The maximum atomic E-state index is 12.2. The zero-order valence-corrected chi connectivity index (χ0v) is 14.1. The van der Waals surface area contributed by atoms with Gasteiger partial charge in [0.1, 0.15) is 5.75 Å². The van der Waals surface area contributed by atoms with Gasteiger partial charge in [-0.2, -0.15) is 0 Å². The van der Waals surface area contributed by atoms with Crippen LogP contribution < -0.4 is 15.4 Å². The number of nitrogens with one attached hydrogen (secondary N) is 2. The molecule has 0 unspecified atom stereocenters. The Bertz CT molecular complexity index is 704. The second-order valence-corrected chi connectivity index (χ2v) is 6.20. The predicted octanol–water partition coefficient (Wildman–Crippen LogP) is 2.72. The highest BCUT2D eigenvalue weighted by atomic mass is 16.5. The number of rotatable bonds is 5. The summed E-state index contributed by atoms with van der Waals surface area (Å²) < 4.78 is 6.05. The number of para-hydroxylation sites is 1. The number of hydrogen-bond acceptors (Lipinski definition) is 4. The van der Waals surface area contributed by atoms with Gasteiger partial charge in [0.2, 0.25) is 11.8 Å². The molecule has 126 valence electrons. The number of aromatic nitrogens is 1. The standard InChI is InChI=1S/C19H23N3O2/c1-13-5-3-6-14(2)17(13)24-19-16(7-4-9-21-19)12-22-18(23)15-8-10-20-11-15/h3-7,9,15,20H,8,10-12H2,1-2H3,(H,22,23)/t15-/m0/s1. The lowest BCUT2D eigenvalue weighted by molar-refractivity contribution is -0.124. The smallest absolute Gasteiger partial charge is 0.224 e. The summed E-state index contributed by atoms with van der Waals surface area (Å²) in [5.41, 5.74) is 3.00. The van der Waals surface area contributed by atoms with E-state index in [2.05, 4.69) is 15.6 Å². The van der Waals surface area contributed by atoms with Crippen molar-refractivity contribution in [1.29, 1.82) is 0 Å². The van der Waals surface area contributed by atoms with Crippen molar-refractivity contribution >= 4 is 5.91 Å². The van der Waals surface area contributed by atoms with E-state index in [1.165, 1.54) is 0 Å². The fourth-order valence-electron chi connectivity index (χ4n) is 2.91. The van der Waals surface area contributed by atoms with Crippen molar-refractivity contribution in [3.05, 3.63) is 53.2 Å². The molecule has 1 aliphatic rings. The van der Waals surface area contributed by atoms with Crippen molar-refractivity contribution in [2.45, 2.75) is 26.8 Å². The molecular formula is C19H23N3O2. The first-order chi connectivity index (χ1) is 11.6. The van der Waals surface area contributed by atoms with E-state index in [-0.39, 0.29) is 11.8 Å². The summed E-state index contributed by atoms with van der Waals surface area (Å²) in [5.74, 6) is 1.51. The van der Waals surface area contributed by atoms with Gasteiger partial charge in [0, 0.05) is 24.8 Å². The van der Waals surface area contributed by atoms with Gasteiger partial charge in [0.25, 0.3) is 0 Å². The predicted molar refractivity (Wildman–Crippen MR) is 93.1 cm³/mol. The van der Waals surface area contributed by atoms with Gasteiger partial charge in [-0.3, -0.25) is 4.79 Å². The van der Waals surface area contributed by atoms with Crippen LogP contribution in [-0.2, 0) is 11.3 Å². The summed E-state index contributed by atoms with van der Waals surface area (Å²) >= 11 is 0. The van der Waals surface area contributed by atoms with Gasteiger partial charge in [-0.05, 0) is 44.0 Å². The van der Waals surface area contributed by atoms with Gasteiger partial charge in [0.05, 0.1) is 5.92 Å². The van der Waals surface area contributed by atoms with Crippen molar-refractivity contribution < 1.29 is 9.53 Å². The van der Waals surface area contributed by atoms with Gasteiger partial charge in [-0.25, -0.2) is 4.98 Å². The van der Waals surface area contributed by atoms with Crippen LogP contribution in [-0.4, -0.2) is 24.0 Å². The van der Waals surface area contributed by atoms with Crippen molar-refractivity contribution in [3.63, 3.8) is 0 Å². The average molecular weight is 325 g/mol. The molecule has 2 aromatic rings. The Morgan fingerprint density at radius 1 is 1.29 bits per heavy atom. The fourth-order valence-corrected chi connectivity index (χ4v) is 2.91. The van der Waals surface area contributed by atoms with Crippen LogP contribution in [0.2, 0.25) is 0 Å². The highest BCUT2D eigenvalue weighted by molar-refractivity contribution is 5.79. The van der Waals surface area contributed by atoms with Crippen LogP contribution in [0.15, 0.2) is 36.5 Å². The molecule has 24 heavy (non-hydrogen) atoms. The van der Waals surface area contributed by atoms with Crippen LogP contribution in [0.1, 0.15) is 23.1 Å². The maximum Gasteiger partial charge on any atom is 0.224 e. The first-order valence-electron chi connectivity index (χ1n) is 8.31. The number of nitrogens with zero attached hydrogens (tertiary/aromatic N) is 1. The molecule has 0 bridgehead atoms. The van der Waals surface area contributed by atoms with E-state index < -0.39 is 0 Å². The SMILES string of the molecule is Cc1cccc(C)c1Oc1ncccc1CNC(=O)[C@H]1CCNC1. The molecule has 0 saturated carbocycles. The Kier molecular flexibility index (Phi) is 5.11. The third-order valence-electron chi connectivity index (χ3n) is 4.34. The van der Waals surface area contributed by atoms with E-state index >= 15 is 0 Å². The number of pyridine rings is 1. The molecule has 0 radical (unpaired) electrons. The molecule has 5 heteroatoms. The maximum absolute atomic E-state index is 12.2. The third-order valence-corrected chi connectivity index (χ3v) is 4.34. The van der Waals surface area contributed by atoms with E-state index in [0.717, 1.165) is 42.0 Å². The third kappa shape index (κ3) is 3.74. The minimum atomic E-state index is 0.0599. The van der Waals surface area contributed by atoms with Gasteiger partial charge < -0.3 is 15.4 Å². The lowest BCUT2D eigenvalue weighted by Gasteiger charge is -2.15. The van der Waals surface area contributed by atoms with E-state index in [1.807, 2.05) is 44.2 Å². The summed E-state index contributed by atoms with van der Waals surface area (Å²) in [7, 11) is 0. The van der Waals surface area contributed by atoms with Crippen LogP contribution in [0.5, 0.6) is 11.6 Å². The number of carbonyl (C=O) groups is 1. The van der Waals surface area contributed by atoms with Gasteiger partial charge >= 0.3 is 0 Å². The number of ether oxygens (including phenoxy) is 1. The van der Waals surface area contributed by atoms with Crippen molar-refractivity contribution in [3.8, 4) is 11.6 Å². The van der Waals surface area contributed by atoms with Gasteiger partial charge in [0.15, 0.2) is 0 Å². The number of carbonyl (C=O) groups excluding carboxylic acids is 1. The van der Waals surface area contributed by atoms with Crippen LogP contribution in [0.25, 0.3) is 0 Å². The largest absolute Gasteiger partial charge is 0.438 e. The summed E-state index contributed by atoms with van der Waals surface area (Å²) in [5, 5.41) is 6.21. The summed E-state index contributed by atoms with van der Waals surface area (Å²) in [6.45, 7) is 6.11. The zero-order valence-electron chi connectivity index (χ0n) is 14.1. The molecule has 0 aliphatic carbocycles. The van der Waals surface area contributed by atoms with Crippen LogP contribution >= 0.6 is 0 Å². The normalized spacial score (nSPS) is 16.8. The van der Waals surface area contributed by atoms with Crippen molar-refractivity contribution in [2.24, 2.45) is 5.92 Å². The Morgan fingerprint density at radius 2 is 2.08 bits per heavy atom. The topological polar surface area (TPSA) is 63.2 Å². The highest BCUT2D eigenvalue weighted by Gasteiger charge is 2.22. The summed E-state index contributed by atoms with van der Waals surface area (Å²) in [6.07, 6.45) is 2.60. The average Bonchev–Trinajstić information content (AvgIpc) is 3.12. The minimum Gasteiger partial charge on any atom is -0.438 e. The Hall–Kier alpha value is -2.40. The monoisotopic (exact) mass is 325 g/mol. The number of aryl methyl sites for hydroxylation is 2. The Morgan fingerprint density at radius 3 is 2.79 bits per heavy atom. The molecule has 1 aromatic carbocycles. The quantitative estimate of drug-likeness (QED) is 0.887. The first kappa shape index (κ1) is 16.5. The molecule has 1 saturated heterocycles. The first-order valence-corrected chi connectivity index (χ1v) is 8.31. The highest BCUT2D eigenvalue weighted by Crippen LogP contribution is 2.29. The molecule has 0 spiro atoms. The van der Waals surface area contributed by atoms with Gasteiger partial charge in [-0.15, -0.1) is 0 Å². The van der Waals surface area contributed by atoms with Crippen LogP contribution in [0, 0.1) is 19.8 Å². The van der Waals surface area contributed by atoms with Crippen LogP contribution in [0.4, 0.5) is 0 Å². The minimum absolute atomic E-state index is 0.0599.